The van der Waals surface area contributed by atoms with Crippen LogP contribution in [0.15, 0.2) is 12.7 Å². The average molecular weight is 265 g/mol. The van der Waals surface area contributed by atoms with Gasteiger partial charge >= 0.3 is 0 Å². The third kappa shape index (κ3) is 9.54. The number of hydrogen-bond acceptors (Lipinski definition) is 4. The van der Waals surface area contributed by atoms with E-state index in [1.54, 1.807) is 0 Å². The van der Waals surface area contributed by atoms with Crippen LogP contribution in [0.3, 0.4) is 0 Å². The molecule has 0 bridgehead atoms. The summed E-state index contributed by atoms with van der Waals surface area (Å²) in [5, 5.41) is 0. The first kappa shape index (κ1) is 16.0. The van der Waals surface area contributed by atoms with Crippen LogP contribution in [0.4, 0.5) is 0 Å². The molecule has 0 aliphatic carbocycles. The lowest BCUT2D eigenvalue weighted by atomic mass is 10.1. The molecule has 108 valence electrons. The van der Waals surface area contributed by atoms with Gasteiger partial charge in [0.2, 0.25) is 0 Å². The van der Waals surface area contributed by atoms with Crippen molar-refractivity contribution in [3.05, 3.63) is 18.5 Å². The molecular weight excluding hydrogens is 238 g/mol. The Morgan fingerprint density at radius 1 is 0.842 bits per heavy atom. The summed E-state index contributed by atoms with van der Waals surface area (Å²) < 4.78 is 5.58. The maximum absolute atomic E-state index is 5.58. The Hall–Kier alpha value is -1.03. The molecule has 1 aromatic rings. The Kier molecular flexibility index (Phi) is 10.1. The zero-order valence-corrected chi connectivity index (χ0v) is 12.2. The van der Waals surface area contributed by atoms with Crippen LogP contribution >= 0.6 is 0 Å². The number of ether oxygens (including phenoxy) is 1. The fourth-order valence-electron chi connectivity index (χ4n) is 2.00. The average Bonchev–Trinajstić information content (AvgIpc) is 2.46. The van der Waals surface area contributed by atoms with Gasteiger partial charge in [-0.3, -0.25) is 0 Å². The molecule has 0 atom stereocenters. The Morgan fingerprint density at radius 2 is 1.47 bits per heavy atom. The first-order valence-electron chi connectivity index (χ1n) is 7.62. The van der Waals surface area contributed by atoms with E-state index in [4.69, 9.17) is 4.74 Å². The SMILES string of the molecule is CCCCCCCCCCOCCc1ncncn1. The zero-order chi connectivity index (χ0) is 13.6. The van der Waals surface area contributed by atoms with Gasteiger partial charge in [0, 0.05) is 13.0 Å². The molecule has 1 aromatic heterocycles. The number of aromatic nitrogens is 3. The summed E-state index contributed by atoms with van der Waals surface area (Å²) in [6, 6.07) is 0. The van der Waals surface area contributed by atoms with Gasteiger partial charge in [-0.15, -0.1) is 0 Å². The molecule has 1 heterocycles. The first-order chi connectivity index (χ1) is 9.43. The molecular formula is C15H27N3O. The van der Waals surface area contributed by atoms with Gasteiger partial charge in [-0.1, -0.05) is 51.9 Å². The van der Waals surface area contributed by atoms with Gasteiger partial charge in [-0.2, -0.15) is 0 Å². The normalized spacial score (nSPS) is 10.8. The third-order valence-electron chi connectivity index (χ3n) is 3.16. The molecule has 1 rings (SSSR count). The molecule has 0 saturated heterocycles. The van der Waals surface area contributed by atoms with Crippen molar-refractivity contribution in [2.24, 2.45) is 0 Å². The summed E-state index contributed by atoms with van der Waals surface area (Å²) in [4.78, 5) is 11.9. The summed E-state index contributed by atoms with van der Waals surface area (Å²) in [5.74, 6) is 0.811. The molecule has 0 amide bonds. The molecule has 0 aromatic carbocycles. The second-order valence-corrected chi connectivity index (χ2v) is 4.89. The van der Waals surface area contributed by atoms with Crippen molar-refractivity contribution >= 4 is 0 Å². The molecule has 0 fully saturated rings. The molecule has 0 aliphatic rings. The summed E-state index contributed by atoms with van der Waals surface area (Å²) in [7, 11) is 0. The summed E-state index contributed by atoms with van der Waals surface area (Å²) in [6.07, 6.45) is 14.5. The minimum Gasteiger partial charge on any atom is -0.381 e. The van der Waals surface area contributed by atoms with Crippen molar-refractivity contribution in [3.8, 4) is 0 Å². The highest BCUT2D eigenvalue weighted by molar-refractivity contribution is 4.80. The molecule has 0 radical (unpaired) electrons. The van der Waals surface area contributed by atoms with Crippen molar-refractivity contribution in [2.75, 3.05) is 13.2 Å². The Labute approximate surface area is 117 Å². The lowest BCUT2D eigenvalue weighted by Crippen LogP contribution is -2.03. The fraction of sp³-hybridized carbons (Fsp3) is 0.800. The Balaban J connectivity index is 1.79. The monoisotopic (exact) mass is 265 g/mol. The largest absolute Gasteiger partial charge is 0.381 e. The first-order valence-corrected chi connectivity index (χ1v) is 7.62. The summed E-state index contributed by atoms with van der Waals surface area (Å²) >= 11 is 0. The quantitative estimate of drug-likeness (QED) is 0.542. The number of hydrogen-bond donors (Lipinski definition) is 0. The Morgan fingerprint density at radius 3 is 2.16 bits per heavy atom. The van der Waals surface area contributed by atoms with Crippen molar-refractivity contribution in [1.29, 1.82) is 0 Å². The van der Waals surface area contributed by atoms with E-state index in [1.807, 2.05) is 0 Å². The van der Waals surface area contributed by atoms with Crippen LogP contribution in [0.2, 0.25) is 0 Å². The van der Waals surface area contributed by atoms with E-state index in [0.717, 1.165) is 18.9 Å². The lowest BCUT2D eigenvalue weighted by molar-refractivity contribution is 0.131. The van der Waals surface area contributed by atoms with Crippen molar-refractivity contribution in [2.45, 2.75) is 64.7 Å². The highest BCUT2D eigenvalue weighted by atomic mass is 16.5. The number of nitrogens with zero attached hydrogens (tertiary/aromatic N) is 3. The Bertz CT molecular complexity index is 293. The molecule has 0 spiro atoms. The van der Waals surface area contributed by atoms with E-state index >= 15 is 0 Å². The van der Waals surface area contributed by atoms with Gasteiger partial charge in [0.1, 0.15) is 18.5 Å². The summed E-state index contributed by atoms with van der Waals surface area (Å²) in [6.45, 7) is 3.83. The topological polar surface area (TPSA) is 47.9 Å². The van der Waals surface area contributed by atoms with Crippen LogP contribution < -0.4 is 0 Å². The molecule has 19 heavy (non-hydrogen) atoms. The molecule has 0 saturated carbocycles. The van der Waals surface area contributed by atoms with Crippen LogP contribution in [-0.2, 0) is 11.2 Å². The van der Waals surface area contributed by atoms with Crippen LogP contribution in [0.1, 0.15) is 64.1 Å². The highest BCUT2D eigenvalue weighted by Gasteiger charge is 1.96. The second-order valence-electron chi connectivity index (χ2n) is 4.89. The van der Waals surface area contributed by atoms with Crippen molar-refractivity contribution in [3.63, 3.8) is 0 Å². The van der Waals surface area contributed by atoms with Crippen molar-refractivity contribution < 1.29 is 4.74 Å². The zero-order valence-electron chi connectivity index (χ0n) is 12.2. The standard InChI is InChI=1S/C15H27N3O/c1-2-3-4-5-6-7-8-9-11-19-12-10-15-17-13-16-14-18-15/h13-14H,2-12H2,1H3. The maximum Gasteiger partial charge on any atom is 0.134 e. The third-order valence-corrected chi connectivity index (χ3v) is 3.16. The van der Waals surface area contributed by atoms with Crippen molar-refractivity contribution in [1.82, 2.24) is 15.0 Å². The van der Waals surface area contributed by atoms with E-state index in [2.05, 4.69) is 21.9 Å². The van der Waals surface area contributed by atoms with E-state index in [-0.39, 0.29) is 0 Å². The molecule has 4 nitrogen and oxygen atoms in total. The summed E-state index contributed by atoms with van der Waals surface area (Å²) in [5.41, 5.74) is 0. The predicted octanol–water partition coefficient (Wildman–Crippen LogP) is 3.57. The predicted molar refractivity (Wildman–Crippen MR) is 77.0 cm³/mol. The van der Waals surface area contributed by atoms with Crippen LogP contribution in [0, 0.1) is 0 Å². The van der Waals surface area contributed by atoms with Gasteiger partial charge < -0.3 is 4.74 Å². The van der Waals surface area contributed by atoms with Gasteiger partial charge in [-0.25, -0.2) is 15.0 Å². The molecule has 0 aliphatic heterocycles. The van der Waals surface area contributed by atoms with Crippen LogP contribution in [0.25, 0.3) is 0 Å². The number of rotatable bonds is 12. The van der Waals surface area contributed by atoms with Crippen LogP contribution in [-0.4, -0.2) is 28.2 Å². The molecule has 0 unspecified atom stereocenters. The van der Waals surface area contributed by atoms with E-state index in [9.17, 15) is 0 Å². The lowest BCUT2D eigenvalue weighted by Gasteiger charge is -2.04. The van der Waals surface area contributed by atoms with E-state index in [1.165, 1.54) is 64.0 Å². The van der Waals surface area contributed by atoms with Gasteiger partial charge in [0.25, 0.3) is 0 Å². The van der Waals surface area contributed by atoms with Gasteiger partial charge in [0.15, 0.2) is 0 Å². The van der Waals surface area contributed by atoms with Crippen LogP contribution in [0.5, 0.6) is 0 Å². The molecule has 0 N–H and O–H groups in total. The van der Waals surface area contributed by atoms with E-state index in [0.29, 0.717) is 6.61 Å². The minimum atomic E-state index is 0.709. The smallest absolute Gasteiger partial charge is 0.134 e. The molecule has 4 heteroatoms. The van der Waals surface area contributed by atoms with Gasteiger partial charge in [0.05, 0.1) is 6.61 Å². The van der Waals surface area contributed by atoms with Gasteiger partial charge in [-0.05, 0) is 6.42 Å². The highest BCUT2D eigenvalue weighted by Crippen LogP contribution is 2.08. The fourth-order valence-corrected chi connectivity index (χ4v) is 2.00. The number of unbranched alkanes of at least 4 members (excludes halogenated alkanes) is 7. The second kappa shape index (κ2) is 12.0. The van der Waals surface area contributed by atoms with E-state index < -0.39 is 0 Å². The maximum atomic E-state index is 5.58. The minimum absolute atomic E-state index is 0.709.